The molecule has 1 aromatic carbocycles. The van der Waals surface area contributed by atoms with Crippen molar-refractivity contribution in [2.45, 2.75) is 37.5 Å². The summed E-state index contributed by atoms with van der Waals surface area (Å²) in [6.45, 7) is 3.14. The maximum Gasteiger partial charge on any atom is 0.207 e. The maximum atomic E-state index is 6.01. The second-order valence-corrected chi connectivity index (χ2v) is 6.03. The van der Waals surface area contributed by atoms with Crippen LogP contribution in [0.3, 0.4) is 0 Å². The number of guanidine groups is 1. The molecule has 0 bridgehead atoms. The molecule has 0 aromatic heterocycles. The zero-order chi connectivity index (χ0) is 13.7. The quantitative estimate of drug-likeness (QED) is 0.595. The summed E-state index contributed by atoms with van der Waals surface area (Å²) in [6.07, 6.45) is 4.95. The molecule has 1 aliphatic rings. The van der Waals surface area contributed by atoms with Crippen molar-refractivity contribution in [1.29, 1.82) is 0 Å². The average Bonchev–Trinajstić information content (AvgIpc) is 2.40. The first-order valence-corrected chi connectivity index (χ1v) is 7.98. The Balaban J connectivity index is 1.87. The lowest BCUT2D eigenvalue weighted by atomic mass is 10.2. The second-order valence-electron chi connectivity index (χ2n) is 4.41. The first kappa shape index (κ1) is 14.8. The van der Waals surface area contributed by atoms with E-state index in [-0.39, 0.29) is 0 Å². The van der Waals surface area contributed by atoms with Gasteiger partial charge < -0.3 is 10.6 Å². The standard InChI is InChI=1S/C13H17Cl2N3S/c1-2-3-4-5-6-16-13-17-11-7-9(14)10(15)8-12(11)19-18-13/h7-8H,2-6H2,1H3,(H2,16,17,18). The van der Waals surface area contributed by atoms with E-state index in [2.05, 4.69) is 22.0 Å². The average molecular weight is 318 g/mol. The predicted molar refractivity (Wildman–Crippen MR) is 85.5 cm³/mol. The van der Waals surface area contributed by atoms with Crippen molar-refractivity contribution in [3.05, 3.63) is 22.2 Å². The molecule has 1 heterocycles. The highest BCUT2D eigenvalue weighted by Crippen LogP contribution is 2.37. The Kier molecular flexibility index (Phi) is 5.67. The second kappa shape index (κ2) is 7.27. The molecule has 0 amide bonds. The third-order valence-electron chi connectivity index (χ3n) is 2.83. The minimum atomic E-state index is 0.553. The third kappa shape index (κ3) is 4.20. The van der Waals surface area contributed by atoms with Gasteiger partial charge in [0, 0.05) is 18.5 Å². The van der Waals surface area contributed by atoms with E-state index in [1.54, 1.807) is 0 Å². The molecule has 0 unspecified atom stereocenters. The summed E-state index contributed by atoms with van der Waals surface area (Å²) in [4.78, 5) is 0.992. The lowest BCUT2D eigenvalue weighted by Crippen LogP contribution is -2.32. The van der Waals surface area contributed by atoms with Crippen LogP contribution < -0.4 is 10.6 Å². The van der Waals surface area contributed by atoms with Crippen molar-refractivity contribution in [3.8, 4) is 0 Å². The van der Waals surface area contributed by atoms with Crippen LogP contribution in [0.1, 0.15) is 32.6 Å². The van der Waals surface area contributed by atoms with E-state index >= 15 is 0 Å². The summed E-state index contributed by atoms with van der Waals surface area (Å²) in [5.74, 6) is 0.785. The van der Waals surface area contributed by atoms with E-state index in [4.69, 9.17) is 23.2 Å². The Hall–Kier alpha value is -0.580. The first-order chi connectivity index (χ1) is 9.20. The Morgan fingerprint density at radius 1 is 1.21 bits per heavy atom. The molecule has 2 rings (SSSR count). The SMILES string of the molecule is CCCCCCNC1=NSc2cc(Cl)c(Cl)cc2N1. The Morgan fingerprint density at radius 2 is 2.00 bits per heavy atom. The highest BCUT2D eigenvalue weighted by atomic mass is 35.5. The van der Waals surface area contributed by atoms with Crippen molar-refractivity contribution >= 4 is 46.8 Å². The van der Waals surface area contributed by atoms with Gasteiger partial charge in [-0.3, -0.25) is 0 Å². The van der Waals surface area contributed by atoms with E-state index in [0.29, 0.717) is 10.0 Å². The summed E-state index contributed by atoms with van der Waals surface area (Å²) in [7, 11) is 0. The van der Waals surface area contributed by atoms with Gasteiger partial charge in [0.2, 0.25) is 5.96 Å². The van der Waals surface area contributed by atoms with Gasteiger partial charge >= 0.3 is 0 Å². The van der Waals surface area contributed by atoms with E-state index in [9.17, 15) is 0 Å². The molecule has 6 heteroatoms. The molecule has 0 fully saturated rings. The number of hydrogen-bond acceptors (Lipinski definition) is 4. The van der Waals surface area contributed by atoms with Crippen LogP contribution in [0.2, 0.25) is 10.0 Å². The van der Waals surface area contributed by atoms with E-state index < -0.39 is 0 Å². The van der Waals surface area contributed by atoms with Crippen molar-refractivity contribution in [2.75, 3.05) is 11.9 Å². The topological polar surface area (TPSA) is 36.4 Å². The molecular weight excluding hydrogens is 301 g/mol. The van der Waals surface area contributed by atoms with Gasteiger partial charge in [0.15, 0.2) is 0 Å². The van der Waals surface area contributed by atoms with Gasteiger partial charge in [0.05, 0.1) is 20.6 Å². The van der Waals surface area contributed by atoms with E-state index in [1.165, 1.54) is 31.2 Å². The van der Waals surface area contributed by atoms with Gasteiger partial charge in [0.25, 0.3) is 0 Å². The number of benzene rings is 1. The van der Waals surface area contributed by atoms with Crippen LogP contribution in [0.4, 0.5) is 5.69 Å². The molecule has 3 nitrogen and oxygen atoms in total. The van der Waals surface area contributed by atoms with Crippen molar-refractivity contribution in [1.82, 2.24) is 5.32 Å². The molecule has 1 aromatic rings. The van der Waals surface area contributed by atoms with Gasteiger partial charge in [-0.1, -0.05) is 49.4 Å². The Bertz CT molecular complexity index is 477. The van der Waals surface area contributed by atoms with Gasteiger partial charge in [-0.05, 0) is 18.6 Å². The third-order valence-corrected chi connectivity index (χ3v) is 4.36. The molecule has 0 saturated carbocycles. The fourth-order valence-corrected chi connectivity index (χ4v) is 2.85. The minimum Gasteiger partial charge on any atom is -0.355 e. The molecule has 0 saturated heterocycles. The fourth-order valence-electron chi connectivity index (χ4n) is 1.78. The molecule has 2 N–H and O–H groups in total. The Labute approximate surface area is 128 Å². The highest BCUT2D eigenvalue weighted by Gasteiger charge is 2.14. The summed E-state index contributed by atoms with van der Waals surface area (Å²) < 4.78 is 4.37. The summed E-state index contributed by atoms with van der Waals surface area (Å²) in [5.41, 5.74) is 0.949. The summed E-state index contributed by atoms with van der Waals surface area (Å²) >= 11 is 13.4. The van der Waals surface area contributed by atoms with Crippen LogP contribution in [0.5, 0.6) is 0 Å². The van der Waals surface area contributed by atoms with Crippen molar-refractivity contribution < 1.29 is 0 Å². The zero-order valence-corrected chi connectivity index (χ0v) is 13.1. The van der Waals surface area contributed by atoms with Crippen molar-refractivity contribution in [2.24, 2.45) is 4.40 Å². The number of nitrogens with one attached hydrogen (secondary N) is 2. The maximum absolute atomic E-state index is 6.01. The molecule has 1 aliphatic heterocycles. The minimum absolute atomic E-state index is 0.553. The number of fused-ring (bicyclic) bond motifs is 1. The van der Waals surface area contributed by atoms with Crippen LogP contribution >= 0.6 is 35.1 Å². The van der Waals surface area contributed by atoms with E-state index in [0.717, 1.165) is 29.5 Å². The van der Waals surface area contributed by atoms with Gasteiger partial charge in [-0.25, -0.2) is 0 Å². The van der Waals surface area contributed by atoms with Gasteiger partial charge in [-0.2, -0.15) is 4.40 Å². The molecule has 104 valence electrons. The molecule has 0 spiro atoms. The number of unbranched alkanes of at least 4 members (excludes halogenated alkanes) is 3. The van der Waals surface area contributed by atoms with E-state index in [1.807, 2.05) is 12.1 Å². The highest BCUT2D eigenvalue weighted by molar-refractivity contribution is 7.98. The molecule has 0 atom stereocenters. The number of halogens is 2. The summed E-state index contributed by atoms with van der Waals surface area (Å²) in [6, 6.07) is 3.66. The number of anilines is 1. The lowest BCUT2D eigenvalue weighted by molar-refractivity contribution is 0.654. The van der Waals surface area contributed by atoms with Gasteiger partial charge in [0.1, 0.15) is 0 Å². The molecule has 0 radical (unpaired) electrons. The van der Waals surface area contributed by atoms with Crippen LogP contribution in [0.15, 0.2) is 21.4 Å². The molecule has 19 heavy (non-hydrogen) atoms. The smallest absolute Gasteiger partial charge is 0.207 e. The normalized spacial score (nSPS) is 13.5. The monoisotopic (exact) mass is 317 g/mol. The van der Waals surface area contributed by atoms with Crippen LogP contribution in [-0.4, -0.2) is 12.5 Å². The van der Waals surface area contributed by atoms with Crippen LogP contribution in [0, 0.1) is 0 Å². The first-order valence-electron chi connectivity index (χ1n) is 6.45. The number of hydrogen-bond donors (Lipinski definition) is 2. The zero-order valence-electron chi connectivity index (χ0n) is 10.8. The fraction of sp³-hybridized carbons (Fsp3) is 0.462. The Morgan fingerprint density at radius 3 is 2.79 bits per heavy atom. The number of rotatable bonds is 5. The number of nitrogens with zero attached hydrogens (tertiary/aromatic N) is 1. The van der Waals surface area contributed by atoms with Gasteiger partial charge in [-0.15, -0.1) is 0 Å². The largest absolute Gasteiger partial charge is 0.355 e. The van der Waals surface area contributed by atoms with Crippen LogP contribution in [-0.2, 0) is 0 Å². The predicted octanol–water partition coefficient (Wildman–Crippen LogP) is 4.95. The molecular formula is C13H17Cl2N3S. The molecule has 0 aliphatic carbocycles. The van der Waals surface area contributed by atoms with Crippen LogP contribution in [0.25, 0.3) is 0 Å². The lowest BCUT2D eigenvalue weighted by Gasteiger charge is -2.19. The van der Waals surface area contributed by atoms with Crippen molar-refractivity contribution in [3.63, 3.8) is 0 Å². The summed E-state index contributed by atoms with van der Waals surface area (Å²) in [5, 5.41) is 7.64.